The average molecular weight is 285 g/mol. The molecule has 0 aromatic heterocycles. The SMILES string of the molecule is CCCNC(c1ccc(OC(F)F)cc1)C1CCOC1. The monoisotopic (exact) mass is 285 g/mol. The zero-order valence-corrected chi connectivity index (χ0v) is 11.6. The summed E-state index contributed by atoms with van der Waals surface area (Å²) < 4.78 is 34.1. The molecular weight excluding hydrogens is 264 g/mol. The first-order valence-electron chi connectivity index (χ1n) is 7.06. The highest BCUT2D eigenvalue weighted by Gasteiger charge is 2.26. The highest BCUT2D eigenvalue weighted by molar-refractivity contribution is 5.29. The molecule has 1 heterocycles. The molecule has 1 aromatic rings. The Labute approximate surface area is 118 Å². The maximum absolute atomic E-state index is 12.1. The summed E-state index contributed by atoms with van der Waals surface area (Å²) >= 11 is 0. The van der Waals surface area contributed by atoms with E-state index in [4.69, 9.17) is 4.74 Å². The number of halogens is 2. The fourth-order valence-electron chi connectivity index (χ4n) is 2.53. The fourth-order valence-corrected chi connectivity index (χ4v) is 2.53. The average Bonchev–Trinajstić information content (AvgIpc) is 2.94. The summed E-state index contributed by atoms with van der Waals surface area (Å²) in [5.74, 6) is 0.629. The lowest BCUT2D eigenvalue weighted by Crippen LogP contribution is -2.29. The molecule has 0 spiro atoms. The summed E-state index contributed by atoms with van der Waals surface area (Å²) in [6.07, 6.45) is 2.08. The molecule has 0 amide bonds. The molecule has 112 valence electrons. The summed E-state index contributed by atoms with van der Waals surface area (Å²) in [5.41, 5.74) is 1.09. The maximum Gasteiger partial charge on any atom is 0.387 e. The van der Waals surface area contributed by atoms with E-state index >= 15 is 0 Å². The van der Waals surface area contributed by atoms with Crippen molar-refractivity contribution in [1.29, 1.82) is 0 Å². The molecule has 1 aliphatic heterocycles. The van der Waals surface area contributed by atoms with Gasteiger partial charge in [-0.2, -0.15) is 8.78 Å². The first kappa shape index (κ1) is 15.2. The Kier molecular flexibility index (Phi) is 5.73. The van der Waals surface area contributed by atoms with Gasteiger partial charge in [0.2, 0.25) is 0 Å². The van der Waals surface area contributed by atoms with Crippen molar-refractivity contribution in [1.82, 2.24) is 5.32 Å². The van der Waals surface area contributed by atoms with Crippen molar-refractivity contribution in [2.75, 3.05) is 19.8 Å². The maximum atomic E-state index is 12.1. The number of ether oxygens (including phenoxy) is 2. The second kappa shape index (κ2) is 7.55. The third-order valence-electron chi connectivity index (χ3n) is 3.51. The Hall–Kier alpha value is -1.20. The number of hydrogen-bond acceptors (Lipinski definition) is 3. The van der Waals surface area contributed by atoms with E-state index in [1.165, 1.54) is 0 Å². The van der Waals surface area contributed by atoms with E-state index in [2.05, 4.69) is 17.0 Å². The second-order valence-electron chi connectivity index (χ2n) is 5.00. The van der Waals surface area contributed by atoms with E-state index in [1.807, 2.05) is 12.1 Å². The van der Waals surface area contributed by atoms with Crippen molar-refractivity contribution < 1.29 is 18.3 Å². The number of alkyl halides is 2. The molecule has 2 unspecified atom stereocenters. The molecule has 5 heteroatoms. The summed E-state index contributed by atoms with van der Waals surface area (Å²) in [6.45, 7) is 1.81. The predicted molar refractivity (Wildman–Crippen MR) is 73.0 cm³/mol. The Morgan fingerprint density at radius 3 is 2.65 bits per heavy atom. The summed E-state index contributed by atoms with van der Waals surface area (Å²) in [4.78, 5) is 0. The first-order chi connectivity index (χ1) is 9.70. The van der Waals surface area contributed by atoms with Crippen molar-refractivity contribution in [3.63, 3.8) is 0 Å². The number of benzene rings is 1. The van der Waals surface area contributed by atoms with Crippen LogP contribution in [-0.2, 0) is 4.74 Å². The van der Waals surface area contributed by atoms with E-state index < -0.39 is 6.61 Å². The first-order valence-corrected chi connectivity index (χ1v) is 7.06. The van der Waals surface area contributed by atoms with Crippen LogP contribution < -0.4 is 10.1 Å². The minimum atomic E-state index is -2.78. The highest BCUT2D eigenvalue weighted by atomic mass is 19.3. The lowest BCUT2D eigenvalue weighted by Gasteiger charge is -2.24. The lowest BCUT2D eigenvalue weighted by molar-refractivity contribution is -0.0498. The smallest absolute Gasteiger partial charge is 0.387 e. The van der Waals surface area contributed by atoms with Gasteiger partial charge >= 0.3 is 6.61 Å². The normalized spacial score (nSPS) is 20.3. The number of hydrogen-bond donors (Lipinski definition) is 1. The second-order valence-corrected chi connectivity index (χ2v) is 5.00. The van der Waals surface area contributed by atoms with Crippen molar-refractivity contribution in [2.24, 2.45) is 5.92 Å². The van der Waals surface area contributed by atoms with Crippen LogP contribution in [0.15, 0.2) is 24.3 Å². The van der Waals surface area contributed by atoms with Crippen LogP contribution in [0.1, 0.15) is 31.4 Å². The zero-order valence-electron chi connectivity index (χ0n) is 11.6. The van der Waals surface area contributed by atoms with Crippen LogP contribution >= 0.6 is 0 Å². The zero-order chi connectivity index (χ0) is 14.4. The Bertz CT molecular complexity index is 391. The van der Waals surface area contributed by atoms with E-state index in [0.717, 1.165) is 38.2 Å². The van der Waals surface area contributed by atoms with Gasteiger partial charge in [0.15, 0.2) is 0 Å². The van der Waals surface area contributed by atoms with Gasteiger partial charge in [-0.3, -0.25) is 0 Å². The van der Waals surface area contributed by atoms with Gasteiger partial charge in [-0.05, 0) is 37.1 Å². The van der Waals surface area contributed by atoms with Gasteiger partial charge in [-0.25, -0.2) is 0 Å². The molecular formula is C15H21F2NO2. The van der Waals surface area contributed by atoms with Gasteiger partial charge in [0, 0.05) is 18.6 Å². The highest BCUT2D eigenvalue weighted by Crippen LogP contribution is 2.30. The van der Waals surface area contributed by atoms with Crippen LogP contribution in [0.2, 0.25) is 0 Å². The summed E-state index contributed by atoms with van der Waals surface area (Å²) in [5, 5.41) is 3.52. The van der Waals surface area contributed by atoms with Crippen LogP contribution in [-0.4, -0.2) is 26.4 Å². The van der Waals surface area contributed by atoms with E-state index in [-0.39, 0.29) is 11.8 Å². The molecule has 1 aliphatic rings. The van der Waals surface area contributed by atoms with Gasteiger partial charge in [0.05, 0.1) is 6.61 Å². The Balaban J connectivity index is 2.06. The molecule has 0 saturated carbocycles. The van der Waals surface area contributed by atoms with Crippen molar-refractivity contribution in [2.45, 2.75) is 32.4 Å². The predicted octanol–water partition coefficient (Wildman–Crippen LogP) is 3.37. The van der Waals surface area contributed by atoms with Gasteiger partial charge in [0.1, 0.15) is 5.75 Å². The van der Waals surface area contributed by atoms with E-state index in [9.17, 15) is 8.78 Å². The Morgan fingerprint density at radius 2 is 2.10 bits per heavy atom. The minimum Gasteiger partial charge on any atom is -0.435 e. The molecule has 1 aromatic carbocycles. The third kappa shape index (κ3) is 4.15. The van der Waals surface area contributed by atoms with Crippen LogP contribution in [0.4, 0.5) is 8.78 Å². The molecule has 2 atom stereocenters. The molecule has 0 bridgehead atoms. The molecule has 20 heavy (non-hydrogen) atoms. The topological polar surface area (TPSA) is 30.5 Å². The van der Waals surface area contributed by atoms with Crippen LogP contribution in [0.5, 0.6) is 5.75 Å². The van der Waals surface area contributed by atoms with Crippen molar-refractivity contribution >= 4 is 0 Å². The van der Waals surface area contributed by atoms with Crippen LogP contribution in [0.25, 0.3) is 0 Å². The van der Waals surface area contributed by atoms with Gasteiger partial charge < -0.3 is 14.8 Å². The van der Waals surface area contributed by atoms with Crippen molar-refractivity contribution in [3.05, 3.63) is 29.8 Å². The molecule has 1 saturated heterocycles. The molecule has 0 aliphatic carbocycles. The molecule has 3 nitrogen and oxygen atoms in total. The minimum absolute atomic E-state index is 0.195. The largest absolute Gasteiger partial charge is 0.435 e. The van der Waals surface area contributed by atoms with E-state index in [1.54, 1.807) is 12.1 Å². The van der Waals surface area contributed by atoms with Gasteiger partial charge in [-0.1, -0.05) is 19.1 Å². The summed E-state index contributed by atoms with van der Waals surface area (Å²) in [6, 6.07) is 7.10. The quantitative estimate of drug-likeness (QED) is 0.833. The van der Waals surface area contributed by atoms with Gasteiger partial charge in [0.25, 0.3) is 0 Å². The molecule has 2 rings (SSSR count). The molecule has 1 fully saturated rings. The number of nitrogens with one attached hydrogen (secondary N) is 1. The van der Waals surface area contributed by atoms with Crippen molar-refractivity contribution in [3.8, 4) is 5.75 Å². The van der Waals surface area contributed by atoms with E-state index in [0.29, 0.717) is 5.92 Å². The molecule has 0 radical (unpaired) electrons. The lowest BCUT2D eigenvalue weighted by atomic mass is 9.92. The number of rotatable bonds is 7. The third-order valence-corrected chi connectivity index (χ3v) is 3.51. The Morgan fingerprint density at radius 1 is 1.35 bits per heavy atom. The molecule has 1 N–H and O–H groups in total. The van der Waals surface area contributed by atoms with Gasteiger partial charge in [-0.15, -0.1) is 0 Å². The standard InChI is InChI=1S/C15H21F2NO2/c1-2-8-18-14(12-7-9-19-10-12)11-3-5-13(6-4-11)20-15(16)17/h3-6,12,14-15,18H,2,7-10H2,1H3. The fraction of sp³-hybridized carbons (Fsp3) is 0.600. The van der Waals surface area contributed by atoms with Crippen LogP contribution in [0.3, 0.4) is 0 Å². The van der Waals surface area contributed by atoms with Crippen LogP contribution in [0, 0.1) is 5.92 Å². The summed E-state index contributed by atoms with van der Waals surface area (Å²) in [7, 11) is 0.